The van der Waals surface area contributed by atoms with E-state index in [1.807, 2.05) is 12.5 Å². The zero-order chi connectivity index (χ0) is 5.11. The van der Waals surface area contributed by atoms with Crippen LogP contribution in [-0.4, -0.2) is 11.2 Å². The molecule has 1 unspecified atom stereocenters. The lowest BCUT2D eigenvalue weighted by molar-refractivity contribution is 0.205. The van der Waals surface area contributed by atoms with Gasteiger partial charge in [-0.25, -0.2) is 0 Å². The first-order valence-electron chi connectivity index (χ1n) is 2.56. The Hall–Kier alpha value is -0.300. The standard InChI is InChI=1S/C6H9O/c7-6-4-2-1-3-5-6/h1-2,5-7H,3-4H2. The molecule has 0 aromatic rings. The first-order chi connectivity index (χ1) is 3.39. The molecule has 1 atom stereocenters. The quantitative estimate of drug-likeness (QED) is 0.445. The van der Waals surface area contributed by atoms with Gasteiger partial charge < -0.3 is 5.11 Å². The van der Waals surface area contributed by atoms with Crippen LogP contribution in [0.5, 0.6) is 0 Å². The molecule has 0 amide bonds. The van der Waals surface area contributed by atoms with Crippen molar-refractivity contribution in [3.63, 3.8) is 0 Å². The Bertz CT molecular complexity index is 76.2. The monoisotopic (exact) mass is 97.1 g/mol. The lowest BCUT2D eigenvalue weighted by atomic mass is 10.1. The van der Waals surface area contributed by atoms with E-state index in [-0.39, 0.29) is 6.10 Å². The van der Waals surface area contributed by atoms with Crippen LogP contribution in [0.2, 0.25) is 0 Å². The summed E-state index contributed by atoms with van der Waals surface area (Å²) in [7, 11) is 0. The van der Waals surface area contributed by atoms with E-state index in [4.69, 9.17) is 5.11 Å². The number of rotatable bonds is 0. The molecule has 0 bridgehead atoms. The molecule has 0 saturated heterocycles. The summed E-state index contributed by atoms with van der Waals surface area (Å²) in [6.45, 7) is 0. The molecular weight excluding hydrogens is 88.1 g/mol. The summed E-state index contributed by atoms with van der Waals surface area (Å²) < 4.78 is 0. The molecule has 1 rings (SSSR count). The van der Waals surface area contributed by atoms with E-state index in [9.17, 15) is 0 Å². The van der Waals surface area contributed by atoms with Gasteiger partial charge in [0.1, 0.15) is 0 Å². The van der Waals surface area contributed by atoms with Crippen LogP contribution in [0.25, 0.3) is 0 Å². The summed E-state index contributed by atoms with van der Waals surface area (Å²) in [5, 5.41) is 8.80. The number of allylic oxidation sites excluding steroid dienone is 1. The maximum atomic E-state index is 8.80. The zero-order valence-electron chi connectivity index (χ0n) is 4.17. The second kappa shape index (κ2) is 2.12. The Balaban J connectivity index is 2.32. The molecule has 1 nitrogen and oxygen atoms in total. The van der Waals surface area contributed by atoms with Crippen LogP contribution in [0.1, 0.15) is 12.8 Å². The molecule has 1 aliphatic rings. The maximum Gasteiger partial charge on any atom is 0.0609 e. The average Bonchev–Trinajstić information content (AvgIpc) is 1.69. The van der Waals surface area contributed by atoms with Crippen molar-refractivity contribution in [1.29, 1.82) is 0 Å². The van der Waals surface area contributed by atoms with Gasteiger partial charge in [-0.15, -0.1) is 0 Å². The minimum absolute atomic E-state index is 0.176. The average molecular weight is 97.1 g/mol. The normalized spacial score (nSPS) is 30.7. The molecule has 0 fully saturated rings. The summed E-state index contributed by atoms with van der Waals surface area (Å²) in [5.41, 5.74) is 0. The summed E-state index contributed by atoms with van der Waals surface area (Å²) in [6.07, 6.45) is 7.53. The van der Waals surface area contributed by atoms with Gasteiger partial charge in [0.2, 0.25) is 0 Å². The SMILES string of the molecule is OC1[CH]CC=CC1. The summed E-state index contributed by atoms with van der Waals surface area (Å²) in [5.74, 6) is 0. The second-order valence-electron chi connectivity index (χ2n) is 1.75. The van der Waals surface area contributed by atoms with Gasteiger partial charge in [0.15, 0.2) is 0 Å². The molecular formula is C6H9O. The summed E-state index contributed by atoms with van der Waals surface area (Å²) >= 11 is 0. The van der Waals surface area contributed by atoms with E-state index in [1.165, 1.54) is 0 Å². The Labute approximate surface area is 43.7 Å². The number of hydrogen-bond donors (Lipinski definition) is 1. The van der Waals surface area contributed by atoms with Crippen LogP contribution in [-0.2, 0) is 0 Å². The lowest BCUT2D eigenvalue weighted by Gasteiger charge is -2.08. The first-order valence-corrected chi connectivity index (χ1v) is 2.56. The fourth-order valence-electron chi connectivity index (χ4n) is 0.664. The van der Waals surface area contributed by atoms with E-state index in [0.29, 0.717) is 0 Å². The lowest BCUT2D eigenvalue weighted by Crippen LogP contribution is -2.07. The molecule has 0 aliphatic heterocycles. The van der Waals surface area contributed by atoms with E-state index in [1.54, 1.807) is 0 Å². The van der Waals surface area contributed by atoms with Crippen LogP contribution in [0, 0.1) is 6.42 Å². The molecule has 0 saturated carbocycles. The molecule has 0 aromatic heterocycles. The van der Waals surface area contributed by atoms with Crippen molar-refractivity contribution >= 4 is 0 Å². The van der Waals surface area contributed by atoms with Crippen LogP contribution in [0.3, 0.4) is 0 Å². The van der Waals surface area contributed by atoms with E-state index < -0.39 is 0 Å². The maximum absolute atomic E-state index is 8.80. The molecule has 1 heteroatoms. The van der Waals surface area contributed by atoms with Gasteiger partial charge in [-0.05, 0) is 19.3 Å². The van der Waals surface area contributed by atoms with Crippen molar-refractivity contribution < 1.29 is 5.11 Å². The highest BCUT2D eigenvalue weighted by Crippen LogP contribution is 2.07. The Morgan fingerprint density at radius 2 is 2.29 bits per heavy atom. The van der Waals surface area contributed by atoms with E-state index in [0.717, 1.165) is 12.8 Å². The van der Waals surface area contributed by atoms with Gasteiger partial charge >= 0.3 is 0 Å². The van der Waals surface area contributed by atoms with Crippen molar-refractivity contribution in [1.82, 2.24) is 0 Å². The van der Waals surface area contributed by atoms with E-state index in [2.05, 4.69) is 6.08 Å². The highest BCUT2D eigenvalue weighted by molar-refractivity contribution is 4.98. The van der Waals surface area contributed by atoms with Crippen LogP contribution >= 0.6 is 0 Å². The van der Waals surface area contributed by atoms with Crippen LogP contribution < -0.4 is 0 Å². The predicted molar refractivity (Wildman–Crippen MR) is 28.7 cm³/mol. The zero-order valence-corrected chi connectivity index (χ0v) is 4.17. The highest BCUT2D eigenvalue weighted by Gasteiger charge is 2.02. The molecule has 1 N–H and O–H groups in total. The molecule has 7 heavy (non-hydrogen) atoms. The van der Waals surface area contributed by atoms with Gasteiger partial charge in [-0.3, -0.25) is 0 Å². The topological polar surface area (TPSA) is 20.2 Å². The third-order valence-corrected chi connectivity index (χ3v) is 1.09. The second-order valence-corrected chi connectivity index (χ2v) is 1.75. The van der Waals surface area contributed by atoms with Crippen LogP contribution in [0.4, 0.5) is 0 Å². The molecule has 1 radical (unpaired) electrons. The van der Waals surface area contributed by atoms with Gasteiger partial charge in [0, 0.05) is 0 Å². The fourth-order valence-corrected chi connectivity index (χ4v) is 0.664. The Kier molecular flexibility index (Phi) is 1.47. The first kappa shape index (κ1) is 4.85. The third-order valence-electron chi connectivity index (χ3n) is 1.09. The minimum Gasteiger partial charge on any atom is -0.392 e. The van der Waals surface area contributed by atoms with Crippen molar-refractivity contribution in [2.75, 3.05) is 0 Å². The predicted octanol–water partition coefficient (Wildman–Crippen LogP) is 0.902. The van der Waals surface area contributed by atoms with Crippen molar-refractivity contribution in [2.24, 2.45) is 0 Å². The smallest absolute Gasteiger partial charge is 0.0609 e. The molecule has 1 aliphatic carbocycles. The van der Waals surface area contributed by atoms with Gasteiger partial charge in [-0.2, -0.15) is 0 Å². The molecule has 0 spiro atoms. The number of aliphatic hydroxyl groups is 1. The fraction of sp³-hybridized carbons (Fsp3) is 0.500. The van der Waals surface area contributed by atoms with Crippen molar-refractivity contribution in [2.45, 2.75) is 18.9 Å². The van der Waals surface area contributed by atoms with Crippen molar-refractivity contribution in [3.05, 3.63) is 18.6 Å². The minimum atomic E-state index is -0.176. The number of aliphatic hydroxyl groups excluding tert-OH is 1. The summed E-state index contributed by atoms with van der Waals surface area (Å²) in [6, 6.07) is 0. The molecule has 0 heterocycles. The van der Waals surface area contributed by atoms with E-state index >= 15 is 0 Å². The largest absolute Gasteiger partial charge is 0.392 e. The van der Waals surface area contributed by atoms with Crippen LogP contribution in [0.15, 0.2) is 12.2 Å². The number of hydrogen-bond acceptors (Lipinski definition) is 1. The van der Waals surface area contributed by atoms with Gasteiger partial charge in [0.25, 0.3) is 0 Å². The summed E-state index contributed by atoms with van der Waals surface area (Å²) in [4.78, 5) is 0. The molecule has 0 aromatic carbocycles. The van der Waals surface area contributed by atoms with Gasteiger partial charge in [0.05, 0.1) is 6.10 Å². The third kappa shape index (κ3) is 1.32. The Morgan fingerprint density at radius 1 is 1.43 bits per heavy atom. The van der Waals surface area contributed by atoms with Gasteiger partial charge in [-0.1, -0.05) is 12.2 Å². The van der Waals surface area contributed by atoms with Crippen molar-refractivity contribution in [3.8, 4) is 0 Å². The Morgan fingerprint density at radius 3 is 2.57 bits per heavy atom. The molecule has 39 valence electrons. The highest BCUT2D eigenvalue weighted by atomic mass is 16.3.